The van der Waals surface area contributed by atoms with Gasteiger partial charge in [-0.3, -0.25) is 0 Å². The summed E-state index contributed by atoms with van der Waals surface area (Å²) in [5.74, 6) is 0.804. The Morgan fingerprint density at radius 2 is 2.05 bits per heavy atom. The lowest BCUT2D eigenvalue weighted by Gasteiger charge is -2.09. The van der Waals surface area contributed by atoms with Crippen molar-refractivity contribution in [2.75, 3.05) is 6.61 Å². The molecule has 2 aromatic rings. The van der Waals surface area contributed by atoms with Crippen molar-refractivity contribution < 1.29 is 4.74 Å². The van der Waals surface area contributed by atoms with Crippen molar-refractivity contribution in [1.29, 1.82) is 0 Å². The number of hydrogen-bond donors (Lipinski definition) is 0. The number of unbranched alkanes of at least 4 members (excludes halogenated alkanes) is 1. The van der Waals surface area contributed by atoms with E-state index >= 15 is 0 Å². The maximum Gasteiger partial charge on any atom is 0.233 e. The molecule has 0 fully saturated rings. The molecule has 1 atom stereocenters. The third-order valence-corrected chi connectivity index (χ3v) is 4.13. The van der Waals surface area contributed by atoms with Gasteiger partial charge in [-0.2, -0.15) is 0 Å². The van der Waals surface area contributed by atoms with Crippen LogP contribution < -0.4 is 0 Å². The van der Waals surface area contributed by atoms with E-state index in [9.17, 15) is 0 Å². The highest BCUT2D eigenvalue weighted by Gasteiger charge is 2.21. The fourth-order valence-electron chi connectivity index (χ4n) is 2.78. The molecule has 0 amide bonds. The Morgan fingerprint density at radius 3 is 2.82 bits per heavy atom. The quantitative estimate of drug-likeness (QED) is 0.785. The molecule has 0 radical (unpaired) electrons. The Kier molecular flexibility index (Phi) is 4.62. The monoisotopic (exact) mass is 296 g/mol. The zero-order valence-corrected chi connectivity index (χ0v) is 13.5. The molecule has 0 aliphatic carbocycles. The molecule has 3 nitrogen and oxygen atoms in total. The second kappa shape index (κ2) is 6.82. The lowest BCUT2D eigenvalue weighted by atomic mass is 10.1. The zero-order chi connectivity index (χ0) is 15.4. The number of aliphatic imine (C=N–C) groups is 1. The van der Waals surface area contributed by atoms with Crippen LogP contribution in [0.5, 0.6) is 0 Å². The van der Waals surface area contributed by atoms with E-state index in [1.54, 1.807) is 0 Å². The molecule has 1 aromatic heterocycles. The fourth-order valence-corrected chi connectivity index (χ4v) is 2.78. The van der Waals surface area contributed by atoms with E-state index in [4.69, 9.17) is 9.73 Å². The molecule has 116 valence electrons. The van der Waals surface area contributed by atoms with Crippen LogP contribution in [0.15, 0.2) is 47.6 Å². The van der Waals surface area contributed by atoms with Gasteiger partial charge in [-0.25, -0.2) is 4.99 Å². The van der Waals surface area contributed by atoms with E-state index in [-0.39, 0.29) is 0 Å². The molecule has 1 aliphatic rings. The summed E-state index contributed by atoms with van der Waals surface area (Å²) in [5, 5.41) is 0. The van der Waals surface area contributed by atoms with Crippen LogP contribution in [0.4, 0.5) is 0 Å². The van der Waals surface area contributed by atoms with Crippen LogP contribution in [0.25, 0.3) is 0 Å². The molecule has 0 bridgehead atoms. The second-order valence-corrected chi connectivity index (χ2v) is 6.05. The molecule has 1 aliphatic heterocycles. The SMILES string of the molecule is CCCCC1COC(c2cccn2Cc2ccc(C)cc2)=N1. The molecule has 1 aromatic carbocycles. The van der Waals surface area contributed by atoms with Gasteiger partial charge in [0, 0.05) is 12.7 Å². The van der Waals surface area contributed by atoms with Gasteiger partial charge in [0.15, 0.2) is 0 Å². The van der Waals surface area contributed by atoms with Crippen molar-refractivity contribution in [3.63, 3.8) is 0 Å². The molecule has 0 saturated heterocycles. The van der Waals surface area contributed by atoms with Crippen molar-refractivity contribution in [3.05, 3.63) is 59.4 Å². The number of benzene rings is 1. The minimum atomic E-state index is 0.331. The summed E-state index contributed by atoms with van der Waals surface area (Å²) in [7, 11) is 0. The van der Waals surface area contributed by atoms with Gasteiger partial charge in [0.25, 0.3) is 0 Å². The van der Waals surface area contributed by atoms with Crippen LogP contribution in [0, 0.1) is 6.92 Å². The first-order valence-corrected chi connectivity index (χ1v) is 8.18. The summed E-state index contributed by atoms with van der Waals surface area (Å²) >= 11 is 0. The van der Waals surface area contributed by atoms with Crippen molar-refractivity contribution in [2.45, 2.75) is 45.7 Å². The highest BCUT2D eigenvalue weighted by Crippen LogP contribution is 2.18. The number of hydrogen-bond acceptors (Lipinski definition) is 2. The summed E-state index contributed by atoms with van der Waals surface area (Å²) in [6, 6.07) is 13.2. The van der Waals surface area contributed by atoms with Gasteiger partial charge >= 0.3 is 0 Å². The van der Waals surface area contributed by atoms with E-state index in [1.807, 2.05) is 0 Å². The van der Waals surface area contributed by atoms with E-state index in [2.05, 4.69) is 61.0 Å². The molecule has 1 unspecified atom stereocenters. The summed E-state index contributed by atoms with van der Waals surface area (Å²) in [6.07, 6.45) is 5.65. The summed E-state index contributed by atoms with van der Waals surface area (Å²) < 4.78 is 8.05. The molecule has 0 saturated carbocycles. The molecule has 3 heteroatoms. The molecule has 0 N–H and O–H groups in total. The van der Waals surface area contributed by atoms with Gasteiger partial charge in [-0.05, 0) is 31.0 Å². The Hall–Kier alpha value is -2.03. The van der Waals surface area contributed by atoms with Gasteiger partial charge in [0.1, 0.15) is 12.3 Å². The van der Waals surface area contributed by atoms with Crippen LogP contribution in [0.3, 0.4) is 0 Å². The standard InChI is InChI=1S/C19H24N2O/c1-3-4-6-17-14-22-19(20-17)18-7-5-12-21(18)13-16-10-8-15(2)9-11-16/h5,7-12,17H,3-4,6,13-14H2,1-2H3. The lowest BCUT2D eigenvalue weighted by Crippen LogP contribution is -2.10. The third-order valence-electron chi connectivity index (χ3n) is 4.13. The maximum absolute atomic E-state index is 5.83. The Balaban J connectivity index is 1.73. The predicted octanol–water partition coefficient (Wildman–Crippen LogP) is 4.18. The predicted molar refractivity (Wildman–Crippen MR) is 90.5 cm³/mol. The normalized spacial score (nSPS) is 17.4. The lowest BCUT2D eigenvalue weighted by molar-refractivity contribution is 0.308. The third kappa shape index (κ3) is 3.41. The molecule has 2 heterocycles. The number of aromatic nitrogens is 1. The molecule has 3 rings (SSSR count). The molecular weight excluding hydrogens is 272 g/mol. The van der Waals surface area contributed by atoms with E-state index in [1.165, 1.54) is 24.0 Å². The van der Waals surface area contributed by atoms with E-state index < -0.39 is 0 Å². The number of ether oxygens (including phenoxy) is 1. The van der Waals surface area contributed by atoms with Gasteiger partial charge in [-0.1, -0.05) is 49.6 Å². The Labute approximate surface area is 132 Å². The number of rotatable bonds is 6. The van der Waals surface area contributed by atoms with E-state index in [0.717, 1.165) is 31.2 Å². The van der Waals surface area contributed by atoms with Crippen LogP contribution in [-0.4, -0.2) is 23.1 Å². The van der Waals surface area contributed by atoms with Gasteiger partial charge in [-0.15, -0.1) is 0 Å². The fraction of sp³-hybridized carbons (Fsp3) is 0.421. The van der Waals surface area contributed by atoms with Gasteiger partial charge in [0.05, 0.1) is 6.04 Å². The van der Waals surface area contributed by atoms with Crippen molar-refractivity contribution in [3.8, 4) is 0 Å². The highest BCUT2D eigenvalue weighted by molar-refractivity contribution is 5.93. The van der Waals surface area contributed by atoms with Crippen LogP contribution >= 0.6 is 0 Å². The average molecular weight is 296 g/mol. The Morgan fingerprint density at radius 1 is 1.23 bits per heavy atom. The maximum atomic E-state index is 5.83. The number of aryl methyl sites for hydroxylation is 1. The average Bonchev–Trinajstić information content (AvgIpc) is 3.16. The first-order chi connectivity index (χ1) is 10.8. The Bertz CT molecular complexity index is 640. The van der Waals surface area contributed by atoms with E-state index in [0.29, 0.717) is 6.04 Å². The van der Waals surface area contributed by atoms with Gasteiger partial charge < -0.3 is 9.30 Å². The zero-order valence-electron chi connectivity index (χ0n) is 13.5. The smallest absolute Gasteiger partial charge is 0.233 e. The minimum Gasteiger partial charge on any atom is -0.474 e. The van der Waals surface area contributed by atoms with Crippen molar-refractivity contribution in [2.24, 2.45) is 4.99 Å². The highest BCUT2D eigenvalue weighted by atomic mass is 16.5. The topological polar surface area (TPSA) is 26.5 Å². The summed E-state index contributed by atoms with van der Waals surface area (Å²) in [6.45, 7) is 5.91. The van der Waals surface area contributed by atoms with Crippen molar-refractivity contribution >= 4 is 5.90 Å². The van der Waals surface area contributed by atoms with Crippen LogP contribution in [0.1, 0.15) is 43.0 Å². The van der Waals surface area contributed by atoms with Crippen molar-refractivity contribution in [1.82, 2.24) is 4.57 Å². The minimum absolute atomic E-state index is 0.331. The summed E-state index contributed by atoms with van der Waals surface area (Å²) in [4.78, 5) is 4.76. The molecular formula is C19H24N2O. The molecule has 22 heavy (non-hydrogen) atoms. The van der Waals surface area contributed by atoms with Crippen LogP contribution in [-0.2, 0) is 11.3 Å². The number of nitrogens with zero attached hydrogens (tertiary/aromatic N) is 2. The first-order valence-electron chi connectivity index (χ1n) is 8.18. The summed E-state index contributed by atoms with van der Waals surface area (Å²) in [5.41, 5.74) is 3.67. The molecule has 0 spiro atoms. The second-order valence-electron chi connectivity index (χ2n) is 6.05. The van der Waals surface area contributed by atoms with Crippen LogP contribution in [0.2, 0.25) is 0 Å². The van der Waals surface area contributed by atoms with Gasteiger partial charge in [0.2, 0.25) is 5.90 Å². The largest absolute Gasteiger partial charge is 0.474 e. The first kappa shape index (κ1) is 14.9.